The van der Waals surface area contributed by atoms with E-state index in [4.69, 9.17) is 9.84 Å². The molecule has 0 aliphatic rings. The zero-order chi connectivity index (χ0) is 16.1. The number of hydrogen-bond donors (Lipinski definition) is 2. The Morgan fingerprint density at radius 1 is 1.36 bits per heavy atom. The molecule has 0 atom stereocenters. The van der Waals surface area contributed by atoms with Gasteiger partial charge in [-0.05, 0) is 32.4 Å². The molecule has 1 heterocycles. The quantitative estimate of drug-likeness (QED) is 0.853. The average Bonchev–Trinajstić information content (AvgIpc) is 2.45. The zero-order valence-corrected chi connectivity index (χ0v) is 12.8. The Labute approximate surface area is 129 Å². The van der Waals surface area contributed by atoms with Crippen molar-refractivity contribution in [1.82, 2.24) is 9.97 Å². The SMILES string of the molecule is Cc1ccccc1OCc1ncc(C(=O)O)c(NC(C)C)n1. The minimum absolute atomic E-state index is 0.0494. The molecule has 2 N–H and O–H groups in total. The monoisotopic (exact) mass is 301 g/mol. The summed E-state index contributed by atoms with van der Waals surface area (Å²) in [6.07, 6.45) is 1.30. The molecule has 0 fully saturated rings. The van der Waals surface area contributed by atoms with Crippen LogP contribution in [-0.4, -0.2) is 27.1 Å². The average molecular weight is 301 g/mol. The highest BCUT2D eigenvalue weighted by atomic mass is 16.5. The maximum atomic E-state index is 11.2. The molecule has 0 saturated heterocycles. The second-order valence-corrected chi connectivity index (χ2v) is 5.21. The largest absolute Gasteiger partial charge is 0.485 e. The van der Waals surface area contributed by atoms with E-state index in [9.17, 15) is 4.79 Å². The number of aryl methyl sites for hydroxylation is 1. The van der Waals surface area contributed by atoms with Crippen molar-refractivity contribution < 1.29 is 14.6 Å². The maximum Gasteiger partial charge on any atom is 0.341 e. The van der Waals surface area contributed by atoms with Crippen LogP contribution in [0.3, 0.4) is 0 Å². The van der Waals surface area contributed by atoms with Gasteiger partial charge in [0.1, 0.15) is 23.7 Å². The molecule has 6 heteroatoms. The fraction of sp³-hybridized carbons (Fsp3) is 0.312. The molecule has 1 aromatic heterocycles. The number of carboxylic acids is 1. The van der Waals surface area contributed by atoms with Crippen molar-refractivity contribution in [2.75, 3.05) is 5.32 Å². The Morgan fingerprint density at radius 2 is 2.09 bits per heavy atom. The molecular formula is C16H19N3O3. The lowest BCUT2D eigenvalue weighted by atomic mass is 10.2. The number of carboxylic acid groups (broad SMARTS) is 1. The third kappa shape index (κ3) is 3.94. The predicted molar refractivity (Wildman–Crippen MR) is 83.3 cm³/mol. The van der Waals surface area contributed by atoms with Gasteiger partial charge in [-0.3, -0.25) is 0 Å². The molecule has 0 bridgehead atoms. The Kier molecular flexibility index (Phi) is 4.93. The smallest absolute Gasteiger partial charge is 0.341 e. The number of benzene rings is 1. The van der Waals surface area contributed by atoms with Gasteiger partial charge in [-0.2, -0.15) is 0 Å². The normalized spacial score (nSPS) is 10.5. The summed E-state index contributed by atoms with van der Waals surface area (Å²) in [7, 11) is 0. The van der Waals surface area contributed by atoms with Crippen LogP contribution in [0, 0.1) is 6.92 Å². The van der Waals surface area contributed by atoms with Gasteiger partial charge in [-0.25, -0.2) is 14.8 Å². The molecule has 0 radical (unpaired) electrons. The Morgan fingerprint density at radius 3 is 2.73 bits per heavy atom. The summed E-state index contributed by atoms with van der Waals surface area (Å²) in [6, 6.07) is 7.72. The minimum Gasteiger partial charge on any atom is -0.485 e. The lowest BCUT2D eigenvalue weighted by Crippen LogP contribution is -2.17. The van der Waals surface area contributed by atoms with Crippen LogP contribution in [0.25, 0.3) is 0 Å². The zero-order valence-electron chi connectivity index (χ0n) is 12.8. The first-order valence-corrected chi connectivity index (χ1v) is 7.01. The molecule has 0 spiro atoms. The molecule has 0 aliphatic heterocycles. The number of carbonyl (C=O) groups is 1. The highest BCUT2D eigenvalue weighted by Crippen LogP contribution is 2.18. The summed E-state index contributed by atoms with van der Waals surface area (Å²) < 4.78 is 5.68. The van der Waals surface area contributed by atoms with E-state index in [2.05, 4.69) is 15.3 Å². The van der Waals surface area contributed by atoms with Crippen molar-refractivity contribution in [3.63, 3.8) is 0 Å². The second-order valence-electron chi connectivity index (χ2n) is 5.21. The summed E-state index contributed by atoms with van der Waals surface area (Å²) in [5, 5.41) is 12.2. The maximum absolute atomic E-state index is 11.2. The Hall–Kier alpha value is -2.63. The van der Waals surface area contributed by atoms with Gasteiger partial charge in [0, 0.05) is 12.2 Å². The van der Waals surface area contributed by atoms with Crippen LogP contribution in [-0.2, 0) is 6.61 Å². The van der Waals surface area contributed by atoms with Crippen LogP contribution >= 0.6 is 0 Å². The third-order valence-corrected chi connectivity index (χ3v) is 2.94. The highest BCUT2D eigenvalue weighted by Gasteiger charge is 2.14. The van der Waals surface area contributed by atoms with E-state index in [-0.39, 0.29) is 18.2 Å². The van der Waals surface area contributed by atoms with Crippen molar-refractivity contribution in [1.29, 1.82) is 0 Å². The number of aromatic nitrogens is 2. The van der Waals surface area contributed by atoms with Crippen molar-refractivity contribution in [2.24, 2.45) is 0 Å². The number of aromatic carboxylic acids is 1. The van der Waals surface area contributed by atoms with Crippen LogP contribution in [0.1, 0.15) is 35.6 Å². The number of rotatable bonds is 6. The van der Waals surface area contributed by atoms with Gasteiger partial charge < -0.3 is 15.2 Å². The molecule has 1 aromatic carbocycles. The van der Waals surface area contributed by atoms with E-state index in [0.717, 1.165) is 11.3 Å². The van der Waals surface area contributed by atoms with E-state index < -0.39 is 5.97 Å². The predicted octanol–water partition coefficient (Wildman–Crippen LogP) is 2.88. The number of nitrogens with one attached hydrogen (secondary N) is 1. The van der Waals surface area contributed by atoms with Crippen LogP contribution in [0.4, 0.5) is 5.82 Å². The minimum atomic E-state index is -1.06. The first-order chi connectivity index (χ1) is 10.5. The van der Waals surface area contributed by atoms with Gasteiger partial charge >= 0.3 is 5.97 Å². The van der Waals surface area contributed by atoms with E-state index >= 15 is 0 Å². The van der Waals surface area contributed by atoms with Gasteiger partial charge in [0.2, 0.25) is 0 Å². The molecule has 0 saturated carbocycles. The number of anilines is 1. The van der Waals surface area contributed by atoms with Crippen molar-refractivity contribution >= 4 is 11.8 Å². The number of para-hydroxylation sites is 1. The fourth-order valence-electron chi connectivity index (χ4n) is 1.89. The van der Waals surface area contributed by atoms with E-state index in [1.807, 2.05) is 45.0 Å². The topological polar surface area (TPSA) is 84.3 Å². The van der Waals surface area contributed by atoms with E-state index in [1.54, 1.807) is 0 Å². The first kappa shape index (κ1) is 15.8. The Bertz CT molecular complexity index is 671. The second kappa shape index (κ2) is 6.89. The molecule has 0 unspecified atom stereocenters. The lowest BCUT2D eigenvalue weighted by molar-refractivity contribution is 0.0697. The van der Waals surface area contributed by atoms with Gasteiger partial charge in [-0.15, -0.1) is 0 Å². The first-order valence-electron chi connectivity index (χ1n) is 7.01. The highest BCUT2D eigenvalue weighted by molar-refractivity contribution is 5.92. The van der Waals surface area contributed by atoms with Gasteiger partial charge in [-0.1, -0.05) is 18.2 Å². The van der Waals surface area contributed by atoms with Gasteiger partial charge in [0.15, 0.2) is 5.82 Å². The summed E-state index contributed by atoms with van der Waals surface area (Å²) in [5.41, 5.74) is 1.07. The van der Waals surface area contributed by atoms with Crippen molar-refractivity contribution in [3.8, 4) is 5.75 Å². The third-order valence-electron chi connectivity index (χ3n) is 2.94. The Balaban J connectivity index is 2.18. The van der Waals surface area contributed by atoms with E-state index in [1.165, 1.54) is 6.20 Å². The molecule has 0 aliphatic carbocycles. The van der Waals surface area contributed by atoms with Crippen molar-refractivity contribution in [2.45, 2.75) is 33.4 Å². The number of ether oxygens (including phenoxy) is 1. The van der Waals surface area contributed by atoms with Crippen LogP contribution < -0.4 is 10.1 Å². The van der Waals surface area contributed by atoms with Crippen LogP contribution in [0.15, 0.2) is 30.5 Å². The number of hydrogen-bond acceptors (Lipinski definition) is 5. The number of nitrogens with zero attached hydrogens (tertiary/aromatic N) is 2. The summed E-state index contributed by atoms with van der Waals surface area (Å²) in [6.45, 7) is 5.96. The van der Waals surface area contributed by atoms with Gasteiger partial charge in [0.25, 0.3) is 0 Å². The fourth-order valence-corrected chi connectivity index (χ4v) is 1.89. The summed E-state index contributed by atoms with van der Waals surface area (Å²) in [5.74, 6) is 0.429. The van der Waals surface area contributed by atoms with Crippen molar-refractivity contribution in [3.05, 3.63) is 47.4 Å². The summed E-state index contributed by atoms with van der Waals surface area (Å²) >= 11 is 0. The van der Waals surface area contributed by atoms with E-state index in [0.29, 0.717) is 11.6 Å². The van der Waals surface area contributed by atoms with Gasteiger partial charge in [0.05, 0.1) is 0 Å². The standard InChI is InChI=1S/C16H19N3O3/c1-10(2)18-15-12(16(20)21)8-17-14(19-15)9-22-13-7-5-4-6-11(13)3/h4-8,10H,9H2,1-3H3,(H,20,21)(H,17,18,19). The molecule has 2 aromatic rings. The molecular weight excluding hydrogens is 282 g/mol. The molecule has 6 nitrogen and oxygen atoms in total. The van der Waals surface area contributed by atoms with Crippen LogP contribution in [0.2, 0.25) is 0 Å². The molecule has 2 rings (SSSR count). The van der Waals surface area contributed by atoms with Crippen LogP contribution in [0.5, 0.6) is 5.75 Å². The summed E-state index contributed by atoms with van der Waals surface area (Å²) in [4.78, 5) is 19.5. The molecule has 0 amide bonds. The molecule has 116 valence electrons. The molecule has 22 heavy (non-hydrogen) atoms. The lowest BCUT2D eigenvalue weighted by Gasteiger charge is -2.13.